The number of hydrogen-bond acceptors (Lipinski definition) is 2. The Kier molecular flexibility index (Phi) is 2.93. The maximum absolute atomic E-state index is 11.7. The molecule has 3 nitrogen and oxygen atoms in total. The molecule has 0 aromatic heterocycles. The van der Waals surface area contributed by atoms with E-state index in [0.29, 0.717) is 6.42 Å². The van der Waals surface area contributed by atoms with Crippen molar-refractivity contribution in [2.75, 3.05) is 5.32 Å². The number of aryl methyl sites for hydroxylation is 2. The SMILES string of the molecule is CCC1Oc2c(Br)c(C)cc(C)c2NC1=O. The van der Waals surface area contributed by atoms with Crippen LogP contribution in [0.15, 0.2) is 10.5 Å². The number of anilines is 1. The molecule has 1 aliphatic heterocycles. The molecule has 0 aliphatic carbocycles. The van der Waals surface area contributed by atoms with Crippen LogP contribution in [0.25, 0.3) is 0 Å². The van der Waals surface area contributed by atoms with E-state index < -0.39 is 0 Å². The molecule has 1 unspecified atom stereocenters. The van der Waals surface area contributed by atoms with Crippen LogP contribution in [0.5, 0.6) is 5.75 Å². The maximum atomic E-state index is 11.7. The van der Waals surface area contributed by atoms with Gasteiger partial charge in [-0.3, -0.25) is 4.79 Å². The van der Waals surface area contributed by atoms with E-state index in [1.54, 1.807) is 0 Å². The van der Waals surface area contributed by atoms with Gasteiger partial charge in [-0.25, -0.2) is 0 Å². The number of halogens is 1. The number of carbonyl (C=O) groups is 1. The third kappa shape index (κ3) is 1.71. The van der Waals surface area contributed by atoms with Crippen molar-refractivity contribution in [2.24, 2.45) is 0 Å². The predicted octanol–water partition coefficient (Wildman–Crippen LogP) is 3.18. The Bertz CT molecular complexity index is 457. The maximum Gasteiger partial charge on any atom is 0.265 e. The van der Waals surface area contributed by atoms with Crippen LogP contribution in [0.1, 0.15) is 24.5 Å². The Balaban J connectivity index is 2.55. The second-order valence-electron chi connectivity index (χ2n) is 4.03. The summed E-state index contributed by atoms with van der Waals surface area (Å²) < 4.78 is 6.65. The molecule has 1 amide bonds. The summed E-state index contributed by atoms with van der Waals surface area (Å²) in [5, 5.41) is 2.90. The Morgan fingerprint density at radius 3 is 2.75 bits per heavy atom. The average molecular weight is 284 g/mol. The highest BCUT2D eigenvalue weighted by atomic mass is 79.9. The van der Waals surface area contributed by atoms with Gasteiger partial charge in [0.05, 0.1) is 10.2 Å². The van der Waals surface area contributed by atoms with Crippen molar-refractivity contribution in [3.8, 4) is 5.75 Å². The van der Waals surface area contributed by atoms with Crippen LogP contribution >= 0.6 is 15.9 Å². The molecule has 16 heavy (non-hydrogen) atoms. The van der Waals surface area contributed by atoms with Crippen LogP contribution in [0, 0.1) is 13.8 Å². The van der Waals surface area contributed by atoms with E-state index in [4.69, 9.17) is 4.74 Å². The lowest BCUT2D eigenvalue weighted by molar-refractivity contribution is -0.123. The highest BCUT2D eigenvalue weighted by Crippen LogP contribution is 2.41. The van der Waals surface area contributed by atoms with E-state index in [2.05, 4.69) is 21.2 Å². The molecule has 0 saturated heterocycles. The summed E-state index contributed by atoms with van der Waals surface area (Å²) in [4.78, 5) is 11.7. The molecule has 0 saturated carbocycles. The molecule has 1 aromatic carbocycles. The molecule has 0 bridgehead atoms. The van der Waals surface area contributed by atoms with E-state index in [1.165, 1.54) is 0 Å². The van der Waals surface area contributed by atoms with Crippen LogP contribution in [-0.2, 0) is 4.79 Å². The number of fused-ring (bicyclic) bond motifs is 1. The Hall–Kier alpha value is -1.03. The number of benzene rings is 1. The quantitative estimate of drug-likeness (QED) is 0.860. The van der Waals surface area contributed by atoms with Crippen LogP contribution in [-0.4, -0.2) is 12.0 Å². The molecule has 0 spiro atoms. The van der Waals surface area contributed by atoms with Gasteiger partial charge < -0.3 is 10.1 Å². The second-order valence-corrected chi connectivity index (χ2v) is 4.83. The zero-order valence-electron chi connectivity index (χ0n) is 9.56. The first-order valence-corrected chi connectivity index (χ1v) is 6.11. The fourth-order valence-electron chi connectivity index (χ4n) is 1.86. The smallest absolute Gasteiger partial charge is 0.265 e. The van der Waals surface area contributed by atoms with Gasteiger partial charge >= 0.3 is 0 Å². The molecule has 1 aliphatic rings. The molecule has 0 fully saturated rings. The zero-order valence-corrected chi connectivity index (χ0v) is 11.1. The summed E-state index contributed by atoms with van der Waals surface area (Å²) in [7, 11) is 0. The number of nitrogens with one attached hydrogen (secondary N) is 1. The van der Waals surface area contributed by atoms with Crippen molar-refractivity contribution in [2.45, 2.75) is 33.3 Å². The molecule has 1 aromatic rings. The van der Waals surface area contributed by atoms with Crippen molar-refractivity contribution < 1.29 is 9.53 Å². The minimum Gasteiger partial charge on any atom is -0.477 e. The van der Waals surface area contributed by atoms with E-state index in [9.17, 15) is 4.79 Å². The number of amides is 1. The van der Waals surface area contributed by atoms with Gasteiger partial charge in [-0.15, -0.1) is 0 Å². The molecule has 1 heterocycles. The van der Waals surface area contributed by atoms with Crippen molar-refractivity contribution in [1.82, 2.24) is 0 Å². The number of carbonyl (C=O) groups excluding carboxylic acids is 1. The highest BCUT2D eigenvalue weighted by Gasteiger charge is 2.29. The first-order chi connectivity index (χ1) is 7.54. The molecular formula is C12H14BrNO2. The van der Waals surface area contributed by atoms with E-state index in [0.717, 1.165) is 27.0 Å². The van der Waals surface area contributed by atoms with Crippen molar-refractivity contribution in [3.05, 3.63) is 21.7 Å². The predicted molar refractivity (Wildman–Crippen MR) is 67.0 cm³/mol. The summed E-state index contributed by atoms with van der Waals surface area (Å²) in [6, 6.07) is 2.03. The van der Waals surface area contributed by atoms with Crippen molar-refractivity contribution in [3.63, 3.8) is 0 Å². The summed E-state index contributed by atoms with van der Waals surface area (Å²) in [5.74, 6) is 0.692. The molecule has 1 atom stereocenters. The lowest BCUT2D eigenvalue weighted by Gasteiger charge is -2.27. The minimum absolute atomic E-state index is 0.0612. The van der Waals surface area contributed by atoms with Crippen LogP contribution < -0.4 is 10.1 Å². The van der Waals surface area contributed by atoms with Gasteiger partial charge in [0.15, 0.2) is 11.9 Å². The number of ether oxygens (including phenoxy) is 1. The van der Waals surface area contributed by atoms with E-state index >= 15 is 0 Å². The van der Waals surface area contributed by atoms with Gasteiger partial charge in [0.2, 0.25) is 0 Å². The molecule has 0 radical (unpaired) electrons. The van der Waals surface area contributed by atoms with Crippen molar-refractivity contribution >= 4 is 27.5 Å². The molecule has 4 heteroatoms. The van der Waals surface area contributed by atoms with Crippen LogP contribution in [0.2, 0.25) is 0 Å². The third-order valence-electron chi connectivity index (χ3n) is 2.77. The Morgan fingerprint density at radius 1 is 1.44 bits per heavy atom. The fraction of sp³-hybridized carbons (Fsp3) is 0.417. The fourth-order valence-corrected chi connectivity index (χ4v) is 2.27. The molecule has 1 N–H and O–H groups in total. The number of hydrogen-bond donors (Lipinski definition) is 1. The summed E-state index contributed by atoms with van der Waals surface area (Å²) >= 11 is 3.50. The summed E-state index contributed by atoms with van der Waals surface area (Å²) in [6.45, 7) is 5.91. The average Bonchev–Trinajstić information content (AvgIpc) is 2.25. The van der Waals surface area contributed by atoms with Gasteiger partial charge in [0, 0.05) is 0 Å². The Morgan fingerprint density at radius 2 is 2.12 bits per heavy atom. The van der Waals surface area contributed by atoms with Crippen molar-refractivity contribution in [1.29, 1.82) is 0 Å². The second kappa shape index (κ2) is 4.09. The van der Waals surface area contributed by atoms with E-state index in [-0.39, 0.29) is 12.0 Å². The minimum atomic E-state index is -0.384. The zero-order chi connectivity index (χ0) is 11.9. The van der Waals surface area contributed by atoms with Gasteiger partial charge in [-0.1, -0.05) is 13.0 Å². The topological polar surface area (TPSA) is 38.3 Å². The standard InChI is InChI=1S/C12H14BrNO2/c1-4-8-12(15)14-10-7(3)5-6(2)9(13)11(10)16-8/h5,8H,4H2,1-3H3,(H,14,15). The monoisotopic (exact) mass is 283 g/mol. The Labute approximate surface area is 103 Å². The van der Waals surface area contributed by atoms with Crippen LogP contribution in [0.4, 0.5) is 5.69 Å². The normalized spacial score (nSPS) is 18.8. The largest absolute Gasteiger partial charge is 0.477 e. The highest BCUT2D eigenvalue weighted by molar-refractivity contribution is 9.10. The molecule has 2 rings (SSSR count). The van der Waals surface area contributed by atoms with Gasteiger partial charge in [-0.05, 0) is 47.3 Å². The van der Waals surface area contributed by atoms with Gasteiger partial charge in [0.25, 0.3) is 5.91 Å². The lowest BCUT2D eigenvalue weighted by atomic mass is 10.1. The lowest BCUT2D eigenvalue weighted by Crippen LogP contribution is -2.36. The first kappa shape index (κ1) is 11.5. The summed E-state index contributed by atoms with van der Waals surface area (Å²) in [6.07, 6.45) is 0.287. The summed E-state index contributed by atoms with van der Waals surface area (Å²) in [5.41, 5.74) is 2.92. The molecule has 86 valence electrons. The molecular weight excluding hydrogens is 270 g/mol. The third-order valence-corrected chi connectivity index (χ3v) is 3.76. The van der Waals surface area contributed by atoms with Gasteiger partial charge in [-0.2, -0.15) is 0 Å². The number of rotatable bonds is 1. The van der Waals surface area contributed by atoms with E-state index in [1.807, 2.05) is 26.8 Å². The first-order valence-electron chi connectivity index (χ1n) is 5.31. The van der Waals surface area contributed by atoms with Gasteiger partial charge in [0.1, 0.15) is 0 Å². The van der Waals surface area contributed by atoms with Crippen LogP contribution in [0.3, 0.4) is 0 Å².